The van der Waals surface area contributed by atoms with E-state index in [0.717, 1.165) is 49.8 Å². The van der Waals surface area contributed by atoms with Gasteiger partial charge in [-0.1, -0.05) is 0 Å². The third-order valence-electron chi connectivity index (χ3n) is 7.76. The predicted octanol–water partition coefficient (Wildman–Crippen LogP) is 3.29. The van der Waals surface area contributed by atoms with Crippen LogP contribution in [0.4, 0.5) is 9.52 Å². The minimum absolute atomic E-state index is 0.00530. The Labute approximate surface area is 201 Å². The van der Waals surface area contributed by atoms with Crippen LogP contribution in [0.3, 0.4) is 0 Å². The third kappa shape index (κ3) is 4.30. The Morgan fingerprint density at radius 1 is 1.21 bits per heavy atom. The second-order valence-corrected chi connectivity index (χ2v) is 10.5. The number of nitriles is 1. The highest BCUT2D eigenvalue weighted by Crippen LogP contribution is 2.53. The maximum absolute atomic E-state index is 13.7. The summed E-state index contributed by atoms with van der Waals surface area (Å²) in [6, 6.07) is 5.12. The lowest BCUT2D eigenvalue weighted by molar-refractivity contribution is -0.135. The van der Waals surface area contributed by atoms with Crippen LogP contribution < -0.4 is 10.6 Å². The number of thiazole rings is 1. The number of hydrogen-bond acceptors (Lipinski definition) is 7. The molecule has 34 heavy (non-hydrogen) atoms. The molecule has 8 nitrogen and oxygen atoms in total. The highest BCUT2D eigenvalue weighted by molar-refractivity contribution is 7.14. The first-order valence-corrected chi connectivity index (χ1v) is 12.6. The number of halogens is 1. The fraction of sp³-hybridized carbons (Fsp3) is 0.542. The van der Waals surface area contributed by atoms with Gasteiger partial charge in [0.25, 0.3) is 0 Å². The minimum atomic E-state index is -1.13. The number of nitrogens with one attached hydrogen (secondary N) is 2. The number of fused-ring (bicyclic) bond motifs is 3. The van der Waals surface area contributed by atoms with Crippen molar-refractivity contribution in [2.75, 3.05) is 18.4 Å². The Morgan fingerprint density at radius 3 is 2.59 bits per heavy atom. The van der Waals surface area contributed by atoms with Gasteiger partial charge in [0, 0.05) is 40.7 Å². The molecule has 0 radical (unpaired) electrons. The summed E-state index contributed by atoms with van der Waals surface area (Å²) in [5.41, 5.74) is 1.20. The predicted molar refractivity (Wildman–Crippen MR) is 125 cm³/mol. The number of hydrogen-bond donors (Lipinski definition) is 2. The molecule has 4 fully saturated rings. The molecule has 6 rings (SSSR count). The number of carbonyl (C=O) groups excluding carboxylic acids is 2. The number of pyridine rings is 1. The number of likely N-dealkylation sites (tertiary alicyclic amines) is 1. The Hall–Kier alpha value is -2.90. The standard InChI is InChI=1S/C24H27FN6O2S/c25-17-11-18(12-26)31(14-17)20(32)13-28-24-6-3-23(4-7-24,5-8-24)21(33)30-22-29-19(15-34-22)16-1-9-27-10-2-16/h1-2,9-10,15,17-18,28H,3-8,11,13-14H2,(H,29,30,33)/t17-,18-,23?,24?/m0/s1. The highest BCUT2D eigenvalue weighted by atomic mass is 32.1. The molecule has 2 aromatic heterocycles. The van der Waals surface area contributed by atoms with Crippen molar-refractivity contribution in [3.63, 3.8) is 0 Å². The molecule has 2 atom stereocenters. The maximum Gasteiger partial charge on any atom is 0.237 e. The van der Waals surface area contributed by atoms with Gasteiger partial charge in [-0.2, -0.15) is 5.26 Å². The van der Waals surface area contributed by atoms with Crippen LogP contribution in [0.2, 0.25) is 0 Å². The quantitative estimate of drug-likeness (QED) is 0.654. The Balaban J connectivity index is 1.16. The van der Waals surface area contributed by atoms with E-state index < -0.39 is 17.6 Å². The van der Waals surface area contributed by atoms with E-state index in [2.05, 4.69) is 20.6 Å². The molecule has 0 unspecified atom stereocenters. The summed E-state index contributed by atoms with van der Waals surface area (Å²) in [6.45, 7) is 0.0929. The van der Waals surface area contributed by atoms with Gasteiger partial charge in [0.1, 0.15) is 12.2 Å². The van der Waals surface area contributed by atoms with Crippen LogP contribution in [-0.2, 0) is 9.59 Å². The normalized spacial score (nSPS) is 30.2. The molecule has 3 heterocycles. The number of amides is 2. The number of rotatable bonds is 6. The molecule has 2 amide bonds. The van der Waals surface area contributed by atoms with Gasteiger partial charge in [0.2, 0.25) is 11.8 Å². The fourth-order valence-electron chi connectivity index (χ4n) is 5.55. The molecular formula is C24H27FN6O2S. The first kappa shape index (κ1) is 22.9. The first-order chi connectivity index (χ1) is 16.4. The second-order valence-electron chi connectivity index (χ2n) is 9.67. The third-order valence-corrected chi connectivity index (χ3v) is 8.52. The van der Waals surface area contributed by atoms with Gasteiger partial charge in [-0.3, -0.25) is 14.6 Å². The van der Waals surface area contributed by atoms with Gasteiger partial charge in [-0.25, -0.2) is 9.37 Å². The van der Waals surface area contributed by atoms with Crippen LogP contribution >= 0.6 is 11.3 Å². The van der Waals surface area contributed by atoms with Crippen molar-refractivity contribution in [3.8, 4) is 17.3 Å². The summed E-state index contributed by atoms with van der Waals surface area (Å²) >= 11 is 1.42. The average Bonchev–Trinajstić information content (AvgIpc) is 3.50. The Morgan fingerprint density at radius 2 is 1.91 bits per heavy atom. The molecule has 178 valence electrons. The summed E-state index contributed by atoms with van der Waals surface area (Å²) in [5, 5.41) is 18.2. The molecule has 1 saturated heterocycles. The van der Waals surface area contributed by atoms with Crippen LogP contribution in [0.25, 0.3) is 11.3 Å². The van der Waals surface area contributed by atoms with Crippen molar-refractivity contribution in [3.05, 3.63) is 29.9 Å². The molecule has 0 spiro atoms. The summed E-state index contributed by atoms with van der Waals surface area (Å²) in [6.07, 6.45) is 7.06. The van der Waals surface area contributed by atoms with E-state index in [0.29, 0.717) is 5.13 Å². The topological polar surface area (TPSA) is 111 Å². The van der Waals surface area contributed by atoms with Crippen molar-refractivity contribution in [2.45, 2.75) is 62.7 Å². The molecule has 0 aromatic carbocycles. The Kier molecular flexibility index (Phi) is 6.08. The summed E-state index contributed by atoms with van der Waals surface area (Å²) in [5.74, 6) is -0.203. The molecule has 2 aromatic rings. The maximum atomic E-state index is 13.7. The largest absolute Gasteiger partial charge is 0.323 e. The Bertz CT molecular complexity index is 1090. The molecule has 4 aliphatic rings. The van der Waals surface area contributed by atoms with Crippen molar-refractivity contribution in [2.24, 2.45) is 5.41 Å². The molecule has 3 saturated carbocycles. The van der Waals surface area contributed by atoms with E-state index in [4.69, 9.17) is 0 Å². The number of alkyl halides is 1. The van der Waals surface area contributed by atoms with E-state index in [1.165, 1.54) is 16.2 Å². The van der Waals surface area contributed by atoms with Gasteiger partial charge in [0.15, 0.2) is 5.13 Å². The van der Waals surface area contributed by atoms with Crippen LogP contribution in [-0.4, -0.2) is 57.5 Å². The lowest BCUT2D eigenvalue weighted by Gasteiger charge is -2.52. The van der Waals surface area contributed by atoms with Crippen molar-refractivity contribution in [1.82, 2.24) is 20.2 Å². The van der Waals surface area contributed by atoms with Crippen molar-refractivity contribution < 1.29 is 14.0 Å². The summed E-state index contributed by atoms with van der Waals surface area (Å²) in [7, 11) is 0. The summed E-state index contributed by atoms with van der Waals surface area (Å²) in [4.78, 5) is 35.8. The number of aromatic nitrogens is 2. The lowest BCUT2D eigenvalue weighted by Crippen LogP contribution is -2.59. The SMILES string of the molecule is N#C[C@@H]1C[C@H](F)CN1C(=O)CNC12CCC(C(=O)Nc3nc(-c4ccncc4)cs3)(CC1)CC2. The molecule has 2 N–H and O–H groups in total. The van der Waals surface area contributed by atoms with Crippen molar-refractivity contribution >= 4 is 28.3 Å². The number of anilines is 1. The van der Waals surface area contributed by atoms with Gasteiger partial charge < -0.3 is 15.5 Å². The zero-order valence-electron chi connectivity index (χ0n) is 18.8. The molecule has 10 heteroatoms. The van der Waals surface area contributed by atoms with Gasteiger partial charge >= 0.3 is 0 Å². The smallest absolute Gasteiger partial charge is 0.237 e. The first-order valence-electron chi connectivity index (χ1n) is 11.7. The zero-order chi connectivity index (χ0) is 23.8. The van der Waals surface area contributed by atoms with Crippen LogP contribution in [0.15, 0.2) is 29.9 Å². The molecule has 1 aliphatic heterocycles. The van der Waals surface area contributed by atoms with Gasteiger partial charge in [0.05, 0.1) is 24.9 Å². The van der Waals surface area contributed by atoms with Crippen LogP contribution in [0.1, 0.15) is 44.9 Å². The number of nitrogens with zero attached hydrogens (tertiary/aromatic N) is 4. The van der Waals surface area contributed by atoms with E-state index in [1.807, 2.05) is 23.6 Å². The highest BCUT2D eigenvalue weighted by Gasteiger charge is 2.52. The van der Waals surface area contributed by atoms with Gasteiger partial charge in [-0.05, 0) is 50.7 Å². The fourth-order valence-corrected chi connectivity index (χ4v) is 6.27. The molecule has 3 aliphatic carbocycles. The summed E-state index contributed by atoms with van der Waals surface area (Å²) < 4.78 is 13.7. The van der Waals surface area contributed by atoms with E-state index in [-0.39, 0.29) is 36.9 Å². The zero-order valence-corrected chi connectivity index (χ0v) is 19.6. The van der Waals surface area contributed by atoms with E-state index in [9.17, 15) is 19.2 Å². The molecule has 2 bridgehead atoms. The monoisotopic (exact) mass is 482 g/mol. The molecular weight excluding hydrogens is 455 g/mol. The van der Waals surface area contributed by atoms with Crippen molar-refractivity contribution in [1.29, 1.82) is 5.26 Å². The lowest BCUT2D eigenvalue weighted by atomic mass is 9.57. The van der Waals surface area contributed by atoms with E-state index in [1.54, 1.807) is 12.4 Å². The van der Waals surface area contributed by atoms with Gasteiger partial charge in [-0.15, -0.1) is 11.3 Å². The van der Waals surface area contributed by atoms with Crippen LogP contribution in [0, 0.1) is 16.7 Å². The minimum Gasteiger partial charge on any atom is -0.323 e. The second kappa shape index (κ2) is 9.04. The van der Waals surface area contributed by atoms with Crippen LogP contribution in [0.5, 0.6) is 0 Å². The number of carbonyl (C=O) groups is 2. The average molecular weight is 483 g/mol. The van der Waals surface area contributed by atoms with E-state index >= 15 is 0 Å².